The smallest absolute Gasteiger partial charge is 0.169 e. The van der Waals surface area contributed by atoms with Gasteiger partial charge < -0.3 is 5.32 Å². The molecule has 0 saturated carbocycles. The lowest BCUT2D eigenvalue weighted by Crippen LogP contribution is -2.02. The fourth-order valence-electron chi connectivity index (χ4n) is 1.15. The summed E-state index contributed by atoms with van der Waals surface area (Å²) in [6.07, 6.45) is 5.17. The zero-order valence-electron chi connectivity index (χ0n) is 8.18. The molecule has 0 unspecified atom stereocenters. The van der Waals surface area contributed by atoms with Gasteiger partial charge in [0.2, 0.25) is 0 Å². The van der Waals surface area contributed by atoms with Crippen LogP contribution in [0.1, 0.15) is 5.82 Å². The first-order valence-electron chi connectivity index (χ1n) is 4.43. The Balaban J connectivity index is 1.99. The van der Waals surface area contributed by atoms with Crippen molar-refractivity contribution in [1.29, 1.82) is 0 Å². The van der Waals surface area contributed by atoms with Crippen LogP contribution in [-0.2, 0) is 13.6 Å². The van der Waals surface area contributed by atoms with Gasteiger partial charge in [-0.05, 0) is 22.0 Å². The number of rotatable bonds is 3. The van der Waals surface area contributed by atoms with Crippen molar-refractivity contribution in [2.45, 2.75) is 6.54 Å². The summed E-state index contributed by atoms with van der Waals surface area (Å²) >= 11 is 3.35. The molecule has 2 rings (SSSR count). The molecule has 0 saturated heterocycles. The standard InChI is InChI=1S/C9H10BrN5/c1-15-6-13-9(14-15)5-12-8-2-7(10)3-11-4-8/h2-4,6,12H,5H2,1H3. The lowest BCUT2D eigenvalue weighted by molar-refractivity contribution is 0.747. The number of anilines is 1. The van der Waals surface area contributed by atoms with Gasteiger partial charge in [0.1, 0.15) is 6.33 Å². The van der Waals surface area contributed by atoms with E-state index >= 15 is 0 Å². The Morgan fingerprint density at radius 3 is 3.00 bits per heavy atom. The topological polar surface area (TPSA) is 55.6 Å². The number of hydrogen-bond donors (Lipinski definition) is 1. The molecule has 0 aliphatic carbocycles. The van der Waals surface area contributed by atoms with Crippen LogP contribution in [0.25, 0.3) is 0 Å². The summed E-state index contributed by atoms with van der Waals surface area (Å²) in [7, 11) is 1.84. The van der Waals surface area contributed by atoms with Crippen LogP contribution < -0.4 is 5.32 Å². The van der Waals surface area contributed by atoms with Crippen LogP contribution in [0, 0.1) is 0 Å². The quantitative estimate of drug-likeness (QED) is 0.918. The maximum atomic E-state index is 4.16. The van der Waals surface area contributed by atoms with E-state index in [1.807, 2.05) is 13.1 Å². The molecule has 0 aliphatic rings. The summed E-state index contributed by atoms with van der Waals surface area (Å²) < 4.78 is 2.62. The first kappa shape index (κ1) is 10.1. The first-order chi connectivity index (χ1) is 7.24. The minimum absolute atomic E-state index is 0.596. The predicted molar refractivity (Wildman–Crippen MR) is 60.3 cm³/mol. The van der Waals surface area contributed by atoms with Gasteiger partial charge in [0.15, 0.2) is 5.82 Å². The maximum absolute atomic E-state index is 4.16. The number of pyridine rings is 1. The highest BCUT2D eigenvalue weighted by molar-refractivity contribution is 9.10. The van der Waals surface area contributed by atoms with E-state index in [4.69, 9.17) is 0 Å². The van der Waals surface area contributed by atoms with E-state index < -0.39 is 0 Å². The number of aryl methyl sites for hydroxylation is 1. The molecule has 2 aromatic heterocycles. The number of hydrogen-bond acceptors (Lipinski definition) is 4. The van der Waals surface area contributed by atoms with Crippen LogP contribution in [0.15, 0.2) is 29.3 Å². The van der Waals surface area contributed by atoms with Crippen LogP contribution in [0.2, 0.25) is 0 Å². The Morgan fingerprint density at radius 1 is 1.47 bits per heavy atom. The van der Waals surface area contributed by atoms with Gasteiger partial charge >= 0.3 is 0 Å². The van der Waals surface area contributed by atoms with Crippen LogP contribution in [0.5, 0.6) is 0 Å². The third-order valence-electron chi connectivity index (χ3n) is 1.80. The van der Waals surface area contributed by atoms with Crippen LogP contribution in [0.3, 0.4) is 0 Å². The Hall–Kier alpha value is -1.43. The predicted octanol–water partition coefficient (Wildman–Crippen LogP) is 1.58. The summed E-state index contributed by atoms with van der Waals surface area (Å²) in [5, 5.41) is 7.34. The molecule has 0 radical (unpaired) electrons. The highest BCUT2D eigenvalue weighted by Gasteiger charge is 1.99. The molecule has 0 aromatic carbocycles. The Bertz CT molecular complexity index is 453. The fourth-order valence-corrected chi connectivity index (χ4v) is 1.52. The van der Waals surface area contributed by atoms with E-state index in [9.17, 15) is 0 Å². The van der Waals surface area contributed by atoms with Crippen molar-refractivity contribution in [2.24, 2.45) is 7.05 Å². The molecule has 0 amide bonds. The van der Waals surface area contributed by atoms with Crippen LogP contribution in [-0.4, -0.2) is 19.7 Å². The molecular formula is C9H10BrN5. The Morgan fingerprint density at radius 2 is 2.33 bits per heavy atom. The van der Waals surface area contributed by atoms with Crippen molar-refractivity contribution < 1.29 is 0 Å². The molecule has 0 fully saturated rings. The second kappa shape index (κ2) is 4.39. The summed E-state index contributed by atoms with van der Waals surface area (Å²) in [4.78, 5) is 8.16. The molecule has 1 N–H and O–H groups in total. The van der Waals surface area contributed by atoms with Crippen molar-refractivity contribution in [3.8, 4) is 0 Å². The zero-order chi connectivity index (χ0) is 10.7. The fraction of sp³-hybridized carbons (Fsp3) is 0.222. The summed E-state index contributed by atoms with van der Waals surface area (Å²) in [5.41, 5.74) is 0.942. The molecule has 0 bridgehead atoms. The van der Waals surface area contributed by atoms with Crippen molar-refractivity contribution in [3.05, 3.63) is 35.1 Å². The minimum Gasteiger partial charge on any atom is -0.376 e. The number of aromatic nitrogens is 4. The molecule has 2 aromatic rings. The van der Waals surface area contributed by atoms with Crippen molar-refractivity contribution >= 4 is 21.6 Å². The SMILES string of the molecule is Cn1cnc(CNc2cncc(Br)c2)n1. The van der Waals surface area contributed by atoms with Crippen LogP contribution in [0.4, 0.5) is 5.69 Å². The van der Waals surface area contributed by atoms with Crippen LogP contribution >= 0.6 is 15.9 Å². The molecule has 78 valence electrons. The van der Waals surface area contributed by atoms with Gasteiger partial charge in [-0.1, -0.05) is 0 Å². The van der Waals surface area contributed by atoms with E-state index in [1.165, 1.54) is 0 Å². The largest absolute Gasteiger partial charge is 0.376 e. The highest BCUT2D eigenvalue weighted by Crippen LogP contribution is 2.13. The lowest BCUT2D eigenvalue weighted by atomic mass is 10.4. The lowest BCUT2D eigenvalue weighted by Gasteiger charge is -2.02. The number of nitrogens with zero attached hydrogens (tertiary/aromatic N) is 4. The normalized spacial score (nSPS) is 10.3. The van der Waals surface area contributed by atoms with Gasteiger partial charge in [-0.25, -0.2) is 4.98 Å². The van der Waals surface area contributed by atoms with E-state index in [0.717, 1.165) is 16.0 Å². The van der Waals surface area contributed by atoms with Gasteiger partial charge in [0.25, 0.3) is 0 Å². The highest BCUT2D eigenvalue weighted by atomic mass is 79.9. The molecule has 6 heteroatoms. The van der Waals surface area contributed by atoms with E-state index in [0.29, 0.717) is 6.54 Å². The van der Waals surface area contributed by atoms with Crippen molar-refractivity contribution in [3.63, 3.8) is 0 Å². The summed E-state index contributed by atoms with van der Waals surface area (Å²) in [6.45, 7) is 0.596. The van der Waals surface area contributed by atoms with Gasteiger partial charge in [-0.3, -0.25) is 9.67 Å². The van der Waals surface area contributed by atoms with Gasteiger partial charge in [-0.15, -0.1) is 0 Å². The van der Waals surface area contributed by atoms with Gasteiger partial charge in [0, 0.05) is 17.7 Å². The summed E-state index contributed by atoms with van der Waals surface area (Å²) in [6, 6.07) is 1.95. The van der Waals surface area contributed by atoms with Crippen molar-refractivity contribution in [1.82, 2.24) is 19.7 Å². The van der Waals surface area contributed by atoms with E-state index in [1.54, 1.807) is 23.4 Å². The van der Waals surface area contributed by atoms with Crippen molar-refractivity contribution in [2.75, 3.05) is 5.32 Å². The monoisotopic (exact) mass is 267 g/mol. The average molecular weight is 268 g/mol. The van der Waals surface area contributed by atoms with Gasteiger partial charge in [-0.2, -0.15) is 5.10 Å². The molecule has 0 atom stereocenters. The molecule has 2 heterocycles. The average Bonchev–Trinajstić information content (AvgIpc) is 2.62. The second-order valence-corrected chi connectivity index (χ2v) is 4.00. The molecule has 0 aliphatic heterocycles. The third-order valence-corrected chi connectivity index (χ3v) is 2.24. The first-order valence-corrected chi connectivity index (χ1v) is 5.22. The molecule has 5 nitrogen and oxygen atoms in total. The minimum atomic E-state index is 0.596. The zero-order valence-corrected chi connectivity index (χ0v) is 9.77. The second-order valence-electron chi connectivity index (χ2n) is 3.08. The Labute approximate surface area is 95.7 Å². The maximum Gasteiger partial charge on any atom is 0.169 e. The Kier molecular flexibility index (Phi) is 2.96. The number of halogens is 1. The summed E-state index contributed by atoms with van der Waals surface area (Å²) in [5.74, 6) is 0.762. The van der Waals surface area contributed by atoms with E-state index in [-0.39, 0.29) is 0 Å². The third kappa shape index (κ3) is 2.76. The molecule has 0 spiro atoms. The van der Waals surface area contributed by atoms with E-state index in [2.05, 4.69) is 36.3 Å². The number of nitrogens with one attached hydrogen (secondary N) is 1. The molecule has 15 heavy (non-hydrogen) atoms. The van der Waals surface area contributed by atoms with Gasteiger partial charge in [0.05, 0.1) is 18.4 Å². The molecular weight excluding hydrogens is 258 g/mol.